The van der Waals surface area contributed by atoms with Crippen LogP contribution in [-0.4, -0.2) is 31.6 Å². The van der Waals surface area contributed by atoms with Crippen LogP contribution in [0.15, 0.2) is 46.2 Å². The zero-order valence-corrected chi connectivity index (χ0v) is 27.9. The van der Waals surface area contributed by atoms with E-state index in [4.69, 9.17) is 0 Å². The van der Waals surface area contributed by atoms with Gasteiger partial charge in [-0.2, -0.15) is 0 Å². The first-order valence-corrected chi connectivity index (χ1v) is 18.8. The van der Waals surface area contributed by atoms with Crippen molar-refractivity contribution in [1.29, 1.82) is 0 Å². The maximum atomic E-state index is 12.6. The molecule has 0 radical (unpaired) electrons. The van der Waals surface area contributed by atoms with Crippen LogP contribution in [0.1, 0.15) is 127 Å². The molecule has 3 aliphatic rings. The zero-order chi connectivity index (χ0) is 27.6. The maximum absolute atomic E-state index is 12.6. The van der Waals surface area contributed by atoms with E-state index in [2.05, 4.69) is 0 Å². The average Bonchev–Trinajstić information content (AvgIpc) is 2.93. The molecule has 0 heterocycles. The standard InChI is InChI=1S/C30H41O6PS2.CH4.Li.Pd/c31-38(32,33)29-18-16-24(22-10-4-1-5-11-22)20-27(29)37(26-14-8-3-9-15-26)28-21-25(23-12-6-2-7-13-23)17-19-30(28)39(34,35)36;;;/h16-23,26H,1-15H2,(H,31,32,33)(H,34,35,36);1H4;;/q;;+1;/p-2. The molecule has 6 nitrogen and oxygen atoms in total. The molecule has 3 aliphatic carbocycles. The predicted octanol–water partition coefficient (Wildman–Crippen LogP) is 3.99. The van der Waals surface area contributed by atoms with E-state index in [0.717, 1.165) is 94.6 Å². The largest absolute Gasteiger partial charge is 1.00 e. The summed E-state index contributed by atoms with van der Waals surface area (Å²) in [5, 5.41) is 0.890. The summed E-state index contributed by atoms with van der Waals surface area (Å²) in [4.78, 5) is -0.507. The normalized spacial score (nSPS) is 19.4. The number of hydrogen-bond donors (Lipinski definition) is 0. The van der Waals surface area contributed by atoms with Crippen molar-refractivity contribution in [3.63, 3.8) is 0 Å². The summed E-state index contributed by atoms with van der Waals surface area (Å²) in [7, 11) is -11.2. The SMILES string of the molecule is C.O=S(=O)([O-])c1ccc(C2CCCCC2)cc1P(c1cc(C2CCCCC2)ccc1S(=O)(=O)[O-])C1CCCCC1.[Li+].[Pd]. The van der Waals surface area contributed by atoms with E-state index in [1.165, 1.54) is 25.0 Å². The smallest absolute Gasteiger partial charge is 0.744 e. The second-order valence-electron chi connectivity index (χ2n) is 11.7. The monoisotopic (exact) mass is 719 g/mol. The van der Waals surface area contributed by atoms with Crippen molar-refractivity contribution in [2.75, 3.05) is 0 Å². The third-order valence-corrected chi connectivity index (χ3v) is 14.2. The first-order chi connectivity index (χ1) is 18.6. The summed E-state index contributed by atoms with van der Waals surface area (Å²) in [5.41, 5.74) is 2.06. The number of benzene rings is 2. The summed E-state index contributed by atoms with van der Waals surface area (Å²) in [5.74, 6) is 0.584. The number of hydrogen-bond acceptors (Lipinski definition) is 6. The van der Waals surface area contributed by atoms with Gasteiger partial charge in [0, 0.05) is 20.4 Å². The van der Waals surface area contributed by atoms with Crippen molar-refractivity contribution < 1.29 is 65.2 Å². The third kappa shape index (κ3) is 9.02. The molecule has 0 amide bonds. The van der Waals surface area contributed by atoms with Gasteiger partial charge in [-0.15, -0.1) is 0 Å². The minimum Gasteiger partial charge on any atom is -0.744 e. The maximum Gasteiger partial charge on any atom is 1.00 e. The number of rotatable bonds is 7. The van der Waals surface area contributed by atoms with E-state index in [1.54, 1.807) is 12.1 Å². The summed E-state index contributed by atoms with van der Waals surface area (Å²) in [6.45, 7) is 0. The van der Waals surface area contributed by atoms with Crippen molar-refractivity contribution in [3.05, 3.63) is 47.5 Å². The zero-order valence-electron chi connectivity index (χ0n) is 23.8. The molecule has 0 atom stereocenters. The Balaban J connectivity index is 0.00000205. The molecule has 0 unspecified atom stereocenters. The van der Waals surface area contributed by atoms with Gasteiger partial charge in [-0.3, -0.25) is 0 Å². The molecule has 0 spiro atoms. The van der Waals surface area contributed by atoms with Gasteiger partial charge in [-0.25, -0.2) is 16.8 Å². The second-order valence-corrected chi connectivity index (χ2v) is 16.8. The van der Waals surface area contributed by atoms with E-state index in [0.29, 0.717) is 22.4 Å². The van der Waals surface area contributed by atoms with Crippen molar-refractivity contribution in [2.45, 2.75) is 131 Å². The molecule has 0 aliphatic heterocycles. The molecule has 0 saturated heterocycles. The second kappa shape index (κ2) is 16.5. The Morgan fingerprint density at radius 3 is 1.24 bits per heavy atom. The summed E-state index contributed by atoms with van der Waals surface area (Å²) in [6.07, 6.45) is 15.5. The summed E-state index contributed by atoms with van der Waals surface area (Å²) in [6, 6.07) is 10.3. The van der Waals surface area contributed by atoms with E-state index in [-0.39, 0.29) is 62.2 Å². The van der Waals surface area contributed by atoms with Gasteiger partial charge < -0.3 is 9.11 Å². The van der Waals surface area contributed by atoms with E-state index < -0.39 is 28.2 Å². The molecule has 11 heteroatoms. The quantitative estimate of drug-likeness (QED) is 0.243. The fraction of sp³-hybridized carbons (Fsp3) is 0.613. The van der Waals surface area contributed by atoms with Crippen LogP contribution in [0, 0.1) is 0 Å². The Hall–Kier alpha value is -0.0503. The third-order valence-electron chi connectivity index (χ3n) is 9.12. The minimum atomic E-state index is -4.81. The van der Waals surface area contributed by atoms with Crippen molar-refractivity contribution in [2.24, 2.45) is 0 Å². The molecule has 0 bridgehead atoms. The molecule has 2 aromatic carbocycles. The van der Waals surface area contributed by atoms with E-state index >= 15 is 0 Å². The van der Waals surface area contributed by atoms with Crippen molar-refractivity contribution in [3.8, 4) is 0 Å². The van der Waals surface area contributed by atoms with Crippen molar-refractivity contribution >= 4 is 38.8 Å². The Bertz CT molecular complexity index is 1290. The molecule has 3 fully saturated rings. The van der Waals surface area contributed by atoms with Gasteiger partial charge in [0.1, 0.15) is 20.2 Å². The Morgan fingerprint density at radius 1 is 0.571 bits per heavy atom. The minimum absolute atomic E-state index is 0. The predicted molar refractivity (Wildman–Crippen MR) is 160 cm³/mol. The van der Waals surface area contributed by atoms with Gasteiger partial charge in [0.2, 0.25) is 0 Å². The van der Waals surface area contributed by atoms with Crippen LogP contribution in [0.4, 0.5) is 0 Å². The fourth-order valence-corrected chi connectivity index (χ4v) is 12.6. The molecule has 2 aromatic rings. The van der Waals surface area contributed by atoms with Crippen LogP contribution < -0.4 is 29.5 Å². The molecule has 0 N–H and O–H groups in total. The molecule has 232 valence electrons. The summed E-state index contributed by atoms with van der Waals surface area (Å²) < 4.78 is 75.8. The molecule has 42 heavy (non-hydrogen) atoms. The van der Waals surface area contributed by atoms with Gasteiger partial charge in [0.15, 0.2) is 0 Å². The molecular weight excluding hydrogens is 677 g/mol. The fourth-order valence-electron chi connectivity index (χ4n) is 7.11. The van der Waals surface area contributed by atoms with Gasteiger partial charge in [-0.05, 0) is 110 Å². The van der Waals surface area contributed by atoms with Crippen LogP contribution in [0.5, 0.6) is 0 Å². The van der Waals surface area contributed by atoms with Crippen LogP contribution in [0.25, 0.3) is 0 Å². The molecular formula is C31H43LiO6PPdS2-. The van der Waals surface area contributed by atoms with Crippen molar-refractivity contribution in [1.82, 2.24) is 0 Å². The van der Waals surface area contributed by atoms with Gasteiger partial charge in [-0.1, -0.05) is 77.3 Å². The first-order valence-electron chi connectivity index (χ1n) is 14.6. The van der Waals surface area contributed by atoms with Crippen LogP contribution >= 0.6 is 7.92 Å². The van der Waals surface area contributed by atoms with Gasteiger partial charge in [0.25, 0.3) is 0 Å². The van der Waals surface area contributed by atoms with E-state index in [9.17, 15) is 25.9 Å². The van der Waals surface area contributed by atoms with Gasteiger partial charge in [0.05, 0.1) is 9.79 Å². The van der Waals surface area contributed by atoms with Crippen LogP contribution in [0.3, 0.4) is 0 Å². The van der Waals surface area contributed by atoms with Crippen LogP contribution in [-0.2, 0) is 40.7 Å². The van der Waals surface area contributed by atoms with Crippen LogP contribution in [0.2, 0.25) is 0 Å². The Kier molecular flexibility index (Phi) is 15.0. The summed E-state index contributed by atoms with van der Waals surface area (Å²) >= 11 is 0. The Labute approximate surface area is 280 Å². The molecule has 0 aromatic heterocycles. The Morgan fingerprint density at radius 2 is 0.905 bits per heavy atom. The topological polar surface area (TPSA) is 114 Å². The molecule has 3 saturated carbocycles. The average molecular weight is 720 g/mol. The first kappa shape index (κ1) is 38.1. The van der Waals surface area contributed by atoms with Gasteiger partial charge >= 0.3 is 18.9 Å². The van der Waals surface area contributed by atoms with E-state index in [1.807, 2.05) is 12.1 Å². The molecule has 5 rings (SSSR count).